The van der Waals surface area contributed by atoms with Crippen LogP contribution in [0.1, 0.15) is 42.5 Å². The topological polar surface area (TPSA) is 69.7 Å². The summed E-state index contributed by atoms with van der Waals surface area (Å²) in [4.78, 5) is 41.6. The molecule has 0 aliphatic carbocycles. The van der Waals surface area contributed by atoms with Crippen LogP contribution >= 0.6 is 11.6 Å². The maximum atomic E-state index is 13.7. The molecule has 0 saturated carbocycles. The van der Waals surface area contributed by atoms with Crippen molar-refractivity contribution in [2.24, 2.45) is 0 Å². The van der Waals surface area contributed by atoms with E-state index in [1.54, 1.807) is 21.9 Å². The van der Waals surface area contributed by atoms with Crippen LogP contribution < -0.4 is 5.32 Å². The summed E-state index contributed by atoms with van der Waals surface area (Å²) in [5.74, 6) is -0.299. The van der Waals surface area contributed by atoms with E-state index in [1.807, 2.05) is 45.0 Å². The lowest BCUT2D eigenvalue weighted by molar-refractivity contribution is -0.164. The molecule has 3 rings (SSSR count). The number of amides is 3. The van der Waals surface area contributed by atoms with Crippen LogP contribution in [-0.2, 0) is 27.3 Å². The Balaban J connectivity index is 1.75. The minimum atomic E-state index is -0.890. The van der Waals surface area contributed by atoms with Crippen molar-refractivity contribution in [3.63, 3.8) is 0 Å². The molecule has 6 nitrogen and oxygen atoms in total. The zero-order valence-corrected chi connectivity index (χ0v) is 20.5. The maximum absolute atomic E-state index is 13.7. The van der Waals surface area contributed by atoms with Crippen LogP contribution in [0.2, 0.25) is 5.02 Å². The molecule has 0 bridgehead atoms. The molecule has 0 aromatic heterocycles. The number of halogens is 1. The van der Waals surface area contributed by atoms with Crippen molar-refractivity contribution in [3.8, 4) is 0 Å². The minimum Gasteiger partial charge on any atom is -0.355 e. The largest absolute Gasteiger partial charge is 0.355 e. The van der Waals surface area contributed by atoms with Gasteiger partial charge in [0, 0.05) is 38.1 Å². The van der Waals surface area contributed by atoms with Gasteiger partial charge in [0.1, 0.15) is 5.54 Å². The van der Waals surface area contributed by atoms with Crippen molar-refractivity contribution < 1.29 is 14.4 Å². The lowest BCUT2D eigenvalue weighted by atomic mass is 9.84. The molecule has 7 heteroatoms. The smallest absolute Gasteiger partial charge is 0.248 e. The number of carbonyl (C=O) groups is 3. The predicted octanol–water partition coefficient (Wildman–Crippen LogP) is 3.66. The first-order valence-corrected chi connectivity index (χ1v) is 11.6. The third kappa shape index (κ3) is 6.14. The Labute approximate surface area is 200 Å². The second-order valence-electron chi connectivity index (χ2n) is 9.08. The number of hydrogen-bond donors (Lipinski definition) is 1. The van der Waals surface area contributed by atoms with E-state index in [9.17, 15) is 14.4 Å². The van der Waals surface area contributed by atoms with E-state index < -0.39 is 5.54 Å². The van der Waals surface area contributed by atoms with Crippen molar-refractivity contribution in [3.05, 3.63) is 69.7 Å². The summed E-state index contributed by atoms with van der Waals surface area (Å²) < 4.78 is 0. The summed E-state index contributed by atoms with van der Waals surface area (Å²) >= 11 is 6.00. The second kappa shape index (κ2) is 10.4. The van der Waals surface area contributed by atoms with E-state index in [1.165, 1.54) is 6.92 Å². The fourth-order valence-electron chi connectivity index (χ4n) is 4.39. The van der Waals surface area contributed by atoms with Crippen molar-refractivity contribution in [2.45, 2.75) is 52.6 Å². The Morgan fingerprint density at radius 1 is 1.06 bits per heavy atom. The highest BCUT2D eigenvalue weighted by atomic mass is 35.5. The maximum Gasteiger partial charge on any atom is 0.248 e. The fourth-order valence-corrected chi connectivity index (χ4v) is 4.52. The van der Waals surface area contributed by atoms with Gasteiger partial charge in [-0.2, -0.15) is 0 Å². The van der Waals surface area contributed by atoms with Gasteiger partial charge in [-0.1, -0.05) is 53.1 Å². The molecule has 2 aromatic carbocycles. The SMILES string of the molecule is CC(=O)NCCN(Cc1ccc(Cl)cc1)C(=O)C1(C)CCN1C(=O)Cc1cc(C)cc(C)c1. The third-order valence-electron chi connectivity index (χ3n) is 6.15. The average Bonchev–Trinajstić information content (AvgIpc) is 2.71. The number of nitrogens with zero attached hydrogens (tertiary/aromatic N) is 2. The Kier molecular flexibility index (Phi) is 7.80. The van der Waals surface area contributed by atoms with E-state index in [0.717, 1.165) is 22.3 Å². The first-order chi connectivity index (χ1) is 15.6. The number of rotatable bonds is 8. The third-order valence-corrected chi connectivity index (χ3v) is 6.40. The molecule has 176 valence electrons. The highest BCUT2D eigenvalue weighted by Gasteiger charge is 2.50. The molecule has 1 heterocycles. The highest BCUT2D eigenvalue weighted by molar-refractivity contribution is 6.30. The van der Waals surface area contributed by atoms with Gasteiger partial charge in [0.15, 0.2) is 0 Å². The molecule has 1 saturated heterocycles. The minimum absolute atomic E-state index is 0.0459. The molecule has 1 N–H and O–H groups in total. The molecule has 0 spiro atoms. The number of hydrogen-bond acceptors (Lipinski definition) is 3. The summed E-state index contributed by atoms with van der Waals surface area (Å²) in [5.41, 5.74) is 3.24. The van der Waals surface area contributed by atoms with Crippen molar-refractivity contribution in [1.29, 1.82) is 0 Å². The Morgan fingerprint density at radius 2 is 1.70 bits per heavy atom. The molecule has 1 fully saturated rings. The Bertz CT molecular complexity index is 1020. The molecule has 1 atom stereocenters. The van der Waals surface area contributed by atoms with E-state index in [2.05, 4.69) is 11.4 Å². The van der Waals surface area contributed by atoms with Gasteiger partial charge in [-0.05, 0) is 50.5 Å². The first-order valence-electron chi connectivity index (χ1n) is 11.2. The number of nitrogens with one attached hydrogen (secondary N) is 1. The average molecular weight is 470 g/mol. The molecular formula is C26H32ClN3O3. The molecule has 2 aromatic rings. The van der Waals surface area contributed by atoms with E-state index in [0.29, 0.717) is 37.6 Å². The lowest BCUT2D eigenvalue weighted by Gasteiger charge is -2.51. The van der Waals surface area contributed by atoms with E-state index in [-0.39, 0.29) is 24.1 Å². The number of benzene rings is 2. The van der Waals surface area contributed by atoms with Gasteiger partial charge in [-0.15, -0.1) is 0 Å². The van der Waals surface area contributed by atoms with Crippen molar-refractivity contribution in [1.82, 2.24) is 15.1 Å². The normalized spacial score (nSPS) is 17.3. The van der Waals surface area contributed by atoms with Crippen LogP contribution in [0.5, 0.6) is 0 Å². The standard InChI is InChI=1S/C26H32ClN3O3/c1-18-13-19(2)15-22(14-18)16-24(32)30-11-9-26(30,4)25(33)29(12-10-28-20(3)31)17-21-5-7-23(27)8-6-21/h5-8,13-15H,9-12,16-17H2,1-4H3,(H,28,31). The number of carbonyl (C=O) groups excluding carboxylic acids is 3. The summed E-state index contributed by atoms with van der Waals surface area (Å²) in [5, 5.41) is 3.38. The highest BCUT2D eigenvalue weighted by Crippen LogP contribution is 2.33. The van der Waals surface area contributed by atoms with Gasteiger partial charge in [0.25, 0.3) is 0 Å². The monoisotopic (exact) mass is 469 g/mol. The molecule has 3 amide bonds. The van der Waals surface area contributed by atoms with Gasteiger partial charge in [0.2, 0.25) is 17.7 Å². The lowest BCUT2D eigenvalue weighted by Crippen LogP contribution is -2.68. The first kappa shape index (κ1) is 24.8. The van der Waals surface area contributed by atoms with Crippen LogP contribution in [0.4, 0.5) is 0 Å². The van der Waals surface area contributed by atoms with Crippen LogP contribution in [0.15, 0.2) is 42.5 Å². The van der Waals surface area contributed by atoms with Crippen molar-refractivity contribution >= 4 is 29.3 Å². The second-order valence-corrected chi connectivity index (χ2v) is 9.51. The molecular weight excluding hydrogens is 438 g/mol. The summed E-state index contributed by atoms with van der Waals surface area (Å²) in [7, 11) is 0. The van der Waals surface area contributed by atoms with Crippen LogP contribution in [0.25, 0.3) is 0 Å². The molecule has 1 aliphatic rings. The van der Waals surface area contributed by atoms with Gasteiger partial charge in [-0.3, -0.25) is 14.4 Å². The van der Waals surface area contributed by atoms with Crippen LogP contribution in [0, 0.1) is 13.8 Å². The number of aryl methyl sites for hydroxylation is 2. The fraction of sp³-hybridized carbons (Fsp3) is 0.423. The Hall–Kier alpha value is -2.86. The summed E-state index contributed by atoms with van der Waals surface area (Å²) in [6.45, 7) is 8.97. The molecule has 0 radical (unpaired) electrons. The zero-order chi connectivity index (χ0) is 24.2. The Morgan fingerprint density at radius 3 is 2.24 bits per heavy atom. The summed E-state index contributed by atoms with van der Waals surface area (Å²) in [6.07, 6.45) is 0.885. The van der Waals surface area contributed by atoms with Gasteiger partial charge in [-0.25, -0.2) is 0 Å². The van der Waals surface area contributed by atoms with Crippen LogP contribution in [-0.4, -0.2) is 52.7 Å². The van der Waals surface area contributed by atoms with Gasteiger partial charge in [0.05, 0.1) is 6.42 Å². The molecule has 1 aliphatic heterocycles. The number of likely N-dealkylation sites (tertiary alicyclic amines) is 1. The van der Waals surface area contributed by atoms with Gasteiger partial charge < -0.3 is 15.1 Å². The molecule has 33 heavy (non-hydrogen) atoms. The molecule has 1 unspecified atom stereocenters. The zero-order valence-electron chi connectivity index (χ0n) is 19.8. The van der Waals surface area contributed by atoms with E-state index in [4.69, 9.17) is 11.6 Å². The van der Waals surface area contributed by atoms with E-state index >= 15 is 0 Å². The predicted molar refractivity (Wildman–Crippen MR) is 130 cm³/mol. The van der Waals surface area contributed by atoms with Crippen molar-refractivity contribution in [2.75, 3.05) is 19.6 Å². The van der Waals surface area contributed by atoms with Gasteiger partial charge >= 0.3 is 0 Å². The van der Waals surface area contributed by atoms with Crippen LogP contribution in [0.3, 0.4) is 0 Å². The quantitative estimate of drug-likeness (QED) is 0.641. The summed E-state index contributed by atoms with van der Waals surface area (Å²) in [6, 6.07) is 13.5.